The third kappa shape index (κ3) is 4.50. The fourth-order valence-electron chi connectivity index (χ4n) is 2.77. The number of halogens is 3. The zero-order chi connectivity index (χ0) is 18.0. The summed E-state index contributed by atoms with van der Waals surface area (Å²) in [6.07, 6.45) is -3.97. The Hall–Kier alpha value is -2.10. The molecule has 2 N–H and O–H groups in total. The molecule has 0 fully saturated rings. The minimum Gasteiger partial charge on any atom is -0.406 e. The number of carbonyl (C=O) groups excluding carboxylic acids is 1. The van der Waals surface area contributed by atoms with Crippen LogP contribution in [0, 0.1) is 0 Å². The topological polar surface area (TPSA) is 61.8 Å². The number of fused-ring (bicyclic) bond motifs is 1. The van der Waals surface area contributed by atoms with Crippen molar-refractivity contribution < 1.29 is 27.9 Å². The Morgan fingerprint density at radius 2 is 2.16 bits per heavy atom. The lowest BCUT2D eigenvalue weighted by molar-refractivity contribution is -0.274. The predicted octanol–water partition coefficient (Wildman–Crippen LogP) is 3.32. The maximum Gasteiger partial charge on any atom is 0.573 e. The second kappa shape index (κ2) is 7.03. The van der Waals surface area contributed by atoms with Crippen LogP contribution >= 0.6 is 11.3 Å². The Bertz CT molecular complexity index is 776. The van der Waals surface area contributed by atoms with E-state index in [0.717, 1.165) is 29.0 Å². The molecule has 134 valence electrons. The summed E-state index contributed by atoms with van der Waals surface area (Å²) in [6, 6.07) is 7.69. The molecule has 1 aliphatic rings. The number of hydrogen-bond acceptors (Lipinski definition) is 5. The monoisotopic (exact) mass is 372 g/mol. The van der Waals surface area contributed by atoms with Gasteiger partial charge in [0, 0.05) is 24.5 Å². The van der Waals surface area contributed by atoms with Gasteiger partial charge in [0.05, 0.1) is 4.88 Å². The number of amides is 1. The van der Waals surface area contributed by atoms with Crippen molar-refractivity contribution in [3.63, 3.8) is 0 Å². The van der Waals surface area contributed by atoms with Gasteiger partial charge in [-0.1, -0.05) is 12.1 Å². The van der Waals surface area contributed by atoms with Gasteiger partial charge >= 0.3 is 6.36 Å². The second-order valence-electron chi connectivity index (χ2n) is 5.66. The van der Waals surface area contributed by atoms with E-state index in [0.29, 0.717) is 18.0 Å². The van der Waals surface area contributed by atoms with Gasteiger partial charge in [0.1, 0.15) is 5.75 Å². The maximum atomic E-state index is 12.3. The minimum absolute atomic E-state index is 0.235. The summed E-state index contributed by atoms with van der Waals surface area (Å²) in [6.45, 7) is 1.81. The van der Waals surface area contributed by atoms with E-state index in [-0.39, 0.29) is 5.75 Å². The van der Waals surface area contributed by atoms with E-state index < -0.39 is 12.3 Å². The standard InChI is InChI=1S/C16H15F3N2O3S/c17-16(18,19)24-12-3-1-2-10(6-12)8-21-5-4-11-7-13(15(22)20-23)25-14(11)9-21/h1-3,6-7,23H,4-5,8-9H2,(H,20,22). The van der Waals surface area contributed by atoms with Crippen LogP contribution in [0.25, 0.3) is 0 Å². The first-order chi connectivity index (χ1) is 11.8. The van der Waals surface area contributed by atoms with Crippen LogP contribution in [0.3, 0.4) is 0 Å². The van der Waals surface area contributed by atoms with Gasteiger partial charge in [-0.3, -0.25) is 14.9 Å². The molecule has 1 aliphatic heterocycles. The van der Waals surface area contributed by atoms with Crippen LogP contribution in [-0.2, 0) is 19.5 Å². The lowest BCUT2D eigenvalue weighted by atomic mass is 10.1. The van der Waals surface area contributed by atoms with E-state index in [9.17, 15) is 18.0 Å². The smallest absolute Gasteiger partial charge is 0.406 e. The highest BCUT2D eigenvalue weighted by atomic mass is 32.1. The average molecular weight is 372 g/mol. The lowest BCUT2D eigenvalue weighted by Gasteiger charge is -2.26. The van der Waals surface area contributed by atoms with Crippen LogP contribution in [0.15, 0.2) is 30.3 Å². The number of nitrogens with one attached hydrogen (secondary N) is 1. The first-order valence-corrected chi connectivity index (χ1v) is 8.29. The molecule has 0 bridgehead atoms. The Morgan fingerprint density at radius 3 is 2.88 bits per heavy atom. The average Bonchev–Trinajstić information content (AvgIpc) is 2.96. The van der Waals surface area contributed by atoms with Crippen molar-refractivity contribution in [3.8, 4) is 5.75 Å². The largest absolute Gasteiger partial charge is 0.573 e. The molecular formula is C16H15F3N2O3S. The number of benzene rings is 1. The zero-order valence-corrected chi connectivity index (χ0v) is 13.8. The highest BCUT2D eigenvalue weighted by molar-refractivity contribution is 7.14. The van der Waals surface area contributed by atoms with E-state index in [4.69, 9.17) is 5.21 Å². The van der Waals surface area contributed by atoms with Gasteiger partial charge < -0.3 is 4.74 Å². The molecule has 1 aromatic carbocycles. The molecule has 2 heterocycles. The summed E-state index contributed by atoms with van der Waals surface area (Å²) < 4.78 is 40.9. The summed E-state index contributed by atoms with van der Waals surface area (Å²) in [5.74, 6) is -0.774. The molecule has 0 aliphatic carbocycles. The van der Waals surface area contributed by atoms with Gasteiger partial charge in [0.2, 0.25) is 0 Å². The molecule has 1 amide bonds. The van der Waals surface area contributed by atoms with Crippen LogP contribution in [0.4, 0.5) is 13.2 Å². The number of thiophene rings is 1. The molecule has 0 atom stereocenters. The summed E-state index contributed by atoms with van der Waals surface area (Å²) in [5.41, 5.74) is 3.40. The minimum atomic E-state index is -4.71. The van der Waals surface area contributed by atoms with Gasteiger partial charge in [0.25, 0.3) is 5.91 Å². The Morgan fingerprint density at radius 1 is 1.36 bits per heavy atom. The molecule has 2 aromatic rings. The third-order valence-corrected chi connectivity index (χ3v) is 4.99. The molecule has 25 heavy (non-hydrogen) atoms. The van der Waals surface area contributed by atoms with E-state index in [1.165, 1.54) is 29.5 Å². The van der Waals surface area contributed by atoms with E-state index in [2.05, 4.69) is 9.64 Å². The molecule has 0 radical (unpaired) electrons. The van der Waals surface area contributed by atoms with Crippen molar-refractivity contribution in [2.75, 3.05) is 6.54 Å². The quantitative estimate of drug-likeness (QED) is 0.639. The van der Waals surface area contributed by atoms with Crippen molar-refractivity contribution >= 4 is 17.2 Å². The number of hydroxylamine groups is 1. The van der Waals surface area contributed by atoms with Crippen LogP contribution in [0.2, 0.25) is 0 Å². The van der Waals surface area contributed by atoms with Crippen molar-refractivity contribution in [2.45, 2.75) is 25.9 Å². The predicted molar refractivity (Wildman–Crippen MR) is 84.5 cm³/mol. The fourth-order valence-corrected chi connectivity index (χ4v) is 3.92. The van der Waals surface area contributed by atoms with E-state index >= 15 is 0 Å². The lowest BCUT2D eigenvalue weighted by Crippen LogP contribution is -2.29. The molecule has 0 spiro atoms. The Kier molecular flexibility index (Phi) is 4.98. The number of alkyl halides is 3. The molecular weight excluding hydrogens is 357 g/mol. The molecule has 3 rings (SSSR count). The molecule has 0 saturated heterocycles. The van der Waals surface area contributed by atoms with Crippen LogP contribution in [0.1, 0.15) is 25.7 Å². The van der Waals surface area contributed by atoms with E-state index in [1.54, 1.807) is 17.6 Å². The highest BCUT2D eigenvalue weighted by Gasteiger charge is 2.31. The third-order valence-electron chi connectivity index (χ3n) is 3.82. The van der Waals surface area contributed by atoms with Gasteiger partial charge in [-0.05, 0) is 35.7 Å². The number of ether oxygens (including phenoxy) is 1. The zero-order valence-electron chi connectivity index (χ0n) is 13.0. The number of carbonyl (C=O) groups is 1. The van der Waals surface area contributed by atoms with Crippen molar-refractivity contribution in [1.29, 1.82) is 0 Å². The maximum absolute atomic E-state index is 12.3. The highest BCUT2D eigenvalue weighted by Crippen LogP contribution is 2.30. The first-order valence-electron chi connectivity index (χ1n) is 7.47. The molecule has 5 nitrogen and oxygen atoms in total. The Balaban J connectivity index is 1.68. The van der Waals surface area contributed by atoms with Crippen molar-refractivity contribution in [2.24, 2.45) is 0 Å². The second-order valence-corrected chi connectivity index (χ2v) is 6.79. The van der Waals surface area contributed by atoms with Crippen molar-refractivity contribution in [3.05, 3.63) is 51.2 Å². The molecule has 1 aromatic heterocycles. The Labute approximate surface area is 145 Å². The number of hydrogen-bond donors (Lipinski definition) is 2. The van der Waals surface area contributed by atoms with E-state index in [1.807, 2.05) is 0 Å². The summed E-state index contributed by atoms with van der Waals surface area (Å²) in [4.78, 5) is 15.0. The van der Waals surface area contributed by atoms with Gasteiger partial charge in [-0.25, -0.2) is 5.48 Å². The fraction of sp³-hybridized carbons (Fsp3) is 0.312. The number of rotatable bonds is 4. The van der Waals surface area contributed by atoms with Crippen LogP contribution < -0.4 is 10.2 Å². The van der Waals surface area contributed by atoms with Gasteiger partial charge in [-0.15, -0.1) is 24.5 Å². The molecule has 0 unspecified atom stereocenters. The molecule has 9 heteroatoms. The summed E-state index contributed by atoms with van der Waals surface area (Å²) in [7, 11) is 0. The van der Waals surface area contributed by atoms with Crippen LogP contribution in [0.5, 0.6) is 5.75 Å². The summed E-state index contributed by atoms with van der Waals surface area (Å²) in [5, 5.41) is 8.71. The first kappa shape index (κ1) is 17.7. The van der Waals surface area contributed by atoms with Gasteiger partial charge in [-0.2, -0.15) is 0 Å². The van der Waals surface area contributed by atoms with Crippen molar-refractivity contribution in [1.82, 2.24) is 10.4 Å². The summed E-state index contributed by atoms with van der Waals surface area (Å²) >= 11 is 1.31. The molecule has 0 saturated carbocycles. The van der Waals surface area contributed by atoms with Crippen LogP contribution in [-0.4, -0.2) is 28.9 Å². The SMILES string of the molecule is O=C(NO)c1cc2c(s1)CN(Cc1cccc(OC(F)(F)F)c1)CC2. The van der Waals surface area contributed by atoms with Gasteiger partial charge in [0.15, 0.2) is 0 Å². The normalized spacial score (nSPS) is 14.9. The number of nitrogens with zero attached hydrogens (tertiary/aromatic N) is 1.